The van der Waals surface area contributed by atoms with E-state index < -0.39 is 0 Å². The van der Waals surface area contributed by atoms with E-state index in [1.165, 1.54) is 17.1 Å². The van der Waals surface area contributed by atoms with Gasteiger partial charge in [0.25, 0.3) is 0 Å². The average molecular weight is 424 g/mol. The third-order valence-electron chi connectivity index (χ3n) is 4.43. The van der Waals surface area contributed by atoms with E-state index in [0.29, 0.717) is 6.61 Å². The summed E-state index contributed by atoms with van der Waals surface area (Å²) in [5.41, 5.74) is 3.26. The lowest BCUT2D eigenvalue weighted by molar-refractivity contribution is 0.306. The molecule has 2 aromatic carbocycles. The second-order valence-corrected chi connectivity index (χ2v) is 8.14. The number of aromatic nitrogens is 5. The topological polar surface area (TPSA) is 65.7 Å². The molecule has 0 bridgehead atoms. The van der Waals surface area contributed by atoms with E-state index in [0.717, 1.165) is 45.2 Å². The molecule has 6 nitrogen and oxygen atoms in total. The molecule has 4 aromatic rings. The van der Waals surface area contributed by atoms with Gasteiger partial charge in [0.1, 0.15) is 17.2 Å². The Kier molecular flexibility index (Phi) is 6.21. The lowest BCUT2D eigenvalue weighted by Crippen LogP contribution is -2.00. The maximum Gasteiger partial charge on any atom is 0.191 e. The zero-order valence-electron chi connectivity index (χ0n) is 16.3. The van der Waals surface area contributed by atoms with Crippen molar-refractivity contribution in [3.05, 3.63) is 71.4 Å². The molecule has 0 N–H and O–H groups in total. The zero-order valence-corrected chi connectivity index (χ0v) is 17.9. The summed E-state index contributed by atoms with van der Waals surface area (Å²) < 4.78 is 12.0. The molecular weight excluding hydrogens is 402 g/mol. The molecule has 4 rings (SSSR count). The van der Waals surface area contributed by atoms with Crippen LogP contribution in [0.3, 0.4) is 0 Å². The maximum atomic E-state index is 5.86. The molecule has 0 amide bonds. The molecule has 0 aliphatic rings. The van der Waals surface area contributed by atoms with Crippen molar-refractivity contribution in [3.63, 3.8) is 0 Å². The summed E-state index contributed by atoms with van der Waals surface area (Å²) in [6, 6.07) is 18.4. The van der Waals surface area contributed by atoms with Crippen LogP contribution < -0.4 is 4.74 Å². The van der Waals surface area contributed by atoms with Crippen molar-refractivity contribution >= 4 is 23.3 Å². The monoisotopic (exact) mass is 423 g/mol. The molecule has 0 fully saturated rings. The average Bonchev–Trinajstić information content (AvgIpc) is 3.37. The molecule has 2 heterocycles. The van der Waals surface area contributed by atoms with Crippen molar-refractivity contribution < 1.29 is 4.74 Å². The van der Waals surface area contributed by atoms with Crippen molar-refractivity contribution in [3.8, 4) is 16.5 Å². The first kappa shape index (κ1) is 19.6. The van der Waals surface area contributed by atoms with Gasteiger partial charge in [-0.3, -0.25) is 0 Å². The number of ether oxygens (including phenoxy) is 1. The number of thioether (sulfide) groups is 1. The molecule has 8 heteroatoms. The van der Waals surface area contributed by atoms with E-state index in [4.69, 9.17) is 4.74 Å². The van der Waals surface area contributed by atoms with Crippen LogP contribution in [0.4, 0.5) is 0 Å². The molecule has 0 spiro atoms. The summed E-state index contributed by atoms with van der Waals surface area (Å²) >= 11 is 3.03. The van der Waals surface area contributed by atoms with Crippen molar-refractivity contribution in [1.29, 1.82) is 0 Å². The molecule has 148 valence electrons. The Labute approximate surface area is 178 Å². The summed E-state index contributed by atoms with van der Waals surface area (Å²) in [6.45, 7) is 5.42. The number of aryl methyl sites for hydroxylation is 1. The van der Waals surface area contributed by atoms with E-state index in [1.54, 1.807) is 11.8 Å². The van der Waals surface area contributed by atoms with Crippen LogP contribution in [0.5, 0.6) is 5.75 Å². The van der Waals surface area contributed by atoms with Crippen LogP contribution >= 0.6 is 23.3 Å². The maximum absolute atomic E-state index is 5.86. The Morgan fingerprint density at radius 2 is 1.76 bits per heavy atom. The quantitative estimate of drug-likeness (QED) is 0.372. The Balaban J connectivity index is 1.38. The lowest BCUT2D eigenvalue weighted by Gasteiger charge is -2.08. The van der Waals surface area contributed by atoms with Gasteiger partial charge in [0.15, 0.2) is 11.0 Å². The van der Waals surface area contributed by atoms with Crippen molar-refractivity contribution in [2.24, 2.45) is 0 Å². The molecule has 29 heavy (non-hydrogen) atoms. The van der Waals surface area contributed by atoms with Gasteiger partial charge >= 0.3 is 0 Å². The van der Waals surface area contributed by atoms with Gasteiger partial charge in [-0.05, 0) is 48.6 Å². The van der Waals surface area contributed by atoms with Crippen LogP contribution in [0.15, 0.2) is 59.8 Å². The van der Waals surface area contributed by atoms with Crippen molar-refractivity contribution in [1.82, 2.24) is 24.4 Å². The third-order valence-corrected chi connectivity index (χ3v) is 6.29. The summed E-state index contributed by atoms with van der Waals surface area (Å²) in [5, 5.41) is 13.7. The minimum Gasteiger partial charge on any atom is -0.489 e. The zero-order chi connectivity index (χ0) is 20.1. The standard InChI is InChI=1S/C21H21N5OS2/c1-3-26-20(19-15(2)22-25-29-19)23-24-21(26)28-14-17-9-11-18(12-10-17)27-13-16-7-5-4-6-8-16/h4-12H,3,13-14H2,1-2H3. The second-order valence-electron chi connectivity index (χ2n) is 6.44. The van der Waals surface area contributed by atoms with Crippen LogP contribution in [0, 0.1) is 6.92 Å². The Morgan fingerprint density at radius 1 is 0.966 bits per heavy atom. The highest BCUT2D eigenvalue weighted by atomic mass is 32.2. The third kappa shape index (κ3) is 4.65. The van der Waals surface area contributed by atoms with Crippen molar-refractivity contribution in [2.75, 3.05) is 0 Å². The smallest absolute Gasteiger partial charge is 0.191 e. The van der Waals surface area contributed by atoms with E-state index in [-0.39, 0.29) is 0 Å². The van der Waals surface area contributed by atoms with E-state index in [2.05, 4.69) is 55.5 Å². The number of benzene rings is 2. The van der Waals surface area contributed by atoms with Gasteiger partial charge in [-0.1, -0.05) is 58.7 Å². The van der Waals surface area contributed by atoms with Crippen LogP contribution in [-0.2, 0) is 18.9 Å². The van der Waals surface area contributed by atoms with Gasteiger partial charge in [-0.25, -0.2) is 0 Å². The first-order valence-electron chi connectivity index (χ1n) is 9.35. The SMILES string of the molecule is CCn1c(SCc2ccc(OCc3ccccc3)cc2)nnc1-c1snnc1C. The first-order valence-corrected chi connectivity index (χ1v) is 11.1. The predicted molar refractivity (Wildman–Crippen MR) is 116 cm³/mol. The number of rotatable bonds is 8. The van der Waals surface area contributed by atoms with Gasteiger partial charge in [0.05, 0.1) is 5.69 Å². The van der Waals surface area contributed by atoms with E-state index in [9.17, 15) is 0 Å². The Hall–Kier alpha value is -2.71. The summed E-state index contributed by atoms with van der Waals surface area (Å²) in [7, 11) is 0. The molecule has 0 atom stereocenters. The highest BCUT2D eigenvalue weighted by molar-refractivity contribution is 7.98. The number of hydrogen-bond donors (Lipinski definition) is 0. The largest absolute Gasteiger partial charge is 0.489 e. The minimum absolute atomic E-state index is 0.573. The van der Waals surface area contributed by atoms with Crippen molar-refractivity contribution in [2.45, 2.75) is 37.9 Å². The molecular formula is C21H21N5OS2. The second kappa shape index (κ2) is 9.19. The fraction of sp³-hybridized carbons (Fsp3) is 0.238. The lowest BCUT2D eigenvalue weighted by atomic mass is 10.2. The van der Waals surface area contributed by atoms with Crippen LogP contribution in [0.2, 0.25) is 0 Å². The minimum atomic E-state index is 0.573. The van der Waals surface area contributed by atoms with E-state index in [1.807, 2.05) is 37.3 Å². The molecule has 0 aliphatic carbocycles. The number of hydrogen-bond acceptors (Lipinski definition) is 7. The van der Waals surface area contributed by atoms with Crippen LogP contribution in [0.25, 0.3) is 10.7 Å². The first-order chi connectivity index (χ1) is 14.2. The fourth-order valence-corrected chi connectivity index (χ4v) is 4.46. The summed E-state index contributed by atoms with van der Waals surface area (Å²) in [5.74, 6) is 2.53. The van der Waals surface area contributed by atoms with Gasteiger partial charge in [-0.15, -0.1) is 15.3 Å². The van der Waals surface area contributed by atoms with E-state index >= 15 is 0 Å². The van der Waals surface area contributed by atoms with Gasteiger partial charge < -0.3 is 9.30 Å². The van der Waals surface area contributed by atoms with Gasteiger partial charge in [-0.2, -0.15) is 0 Å². The molecule has 2 aromatic heterocycles. The molecule has 0 aliphatic heterocycles. The van der Waals surface area contributed by atoms with Crippen LogP contribution in [0.1, 0.15) is 23.7 Å². The summed E-state index contributed by atoms with van der Waals surface area (Å²) in [6.07, 6.45) is 0. The highest BCUT2D eigenvalue weighted by Crippen LogP contribution is 2.29. The van der Waals surface area contributed by atoms with Gasteiger partial charge in [0, 0.05) is 12.3 Å². The summed E-state index contributed by atoms with van der Waals surface area (Å²) in [4.78, 5) is 0.978. The Bertz CT molecular complexity index is 1060. The predicted octanol–water partition coefficient (Wildman–Crippen LogP) is 5.00. The normalized spacial score (nSPS) is 11.0. The molecule has 0 saturated heterocycles. The molecule has 0 unspecified atom stereocenters. The van der Waals surface area contributed by atoms with Crippen LogP contribution in [-0.4, -0.2) is 24.4 Å². The van der Waals surface area contributed by atoms with Gasteiger partial charge in [0.2, 0.25) is 0 Å². The molecule has 0 radical (unpaired) electrons. The highest BCUT2D eigenvalue weighted by Gasteiger charge is 2.17. The molecule has 0 saturated carbocycles. The fourth-order valence-electron chi connectivity index (χ4n) is 2.86. The Morgan fingerprint density at radius 3 is 2.45 bits per heavy atom. The number of nitrogens with zero attached hydrogens (tertiary/aromatic N) is 5.